The number of fused-ring (bicyclic) bond motifs is 1. The molecule has 0 bridgehead atoms. The van der Waals surface area contributed by atoms with E-state index in [1.165, 1.54) is 23.5 Å². The molecular formula is C25H26ClN5O2. The first-order chi connectivity index (χ1) is 16.0. The van der Waals surface area contributed by atoms with Crippen molar-refractivity contribution in [2.75, 3.05) is 18.5 Å². The van der Waals surface area contributed by atoms with Crippen LogP contribution in [0.1, 0.15) is 22.3 Å². The van der Waals surface area contributed by atoms with Crippen LogP contribution in [-0.2, 0) is 24.8 Å². The summed E-state index contributed by atoms with van der Waals surface area (Å²) in [5.74, 6) is 2.18. The van der Waals surface area contributed by atoms with Crippen LogP contribution in [0.15, 0.2) is 42.7 Å². The molecule has 33 heavy (non-hydrogen) atoms. The van der Waals surface area contributed by atoms with E-state index in [2.05, 4.69) is 58.9 Å². The Morgan fingerprint density at radius 2 is 1.85 bits per heavy atom. The van der Waals surface area contributed by atoms with Crippen LogP contribution in [-0.4, -0.2) is 32.7 Å². The van der Waals surface area contributed by atoms with Gasteiger partial charge in [-0.3, -0.25) is 0 Å². The third-order valence-electron chi connectivity index (χ3n) is 6.08. The van der Waals surface area contributed by atoms with Crippen LogP contribution in [0.25, 0.3) is 11.0 Å². The smallest absolute Gasteiger partial charge is 0.321 e. The Morgan fingerprint density at radius 3 is 2.52 bits per heavy atom. The molecule has 1 saturated heterocycles. The topological polar surface area (TPSA) is 74.1 Å². The Balaban J connectivity index is 1.31. The quantitative estimate of drug-likeness (QED) is 0.404. The molecule has 1 aliphatic heterocycles. The molecule has 0 unspecified atom stereocenters. The lowest BCUT2D eigenvalue weighted by atomic mass is 9.98. The molecule has 1 aliphatic rings. The van der Waals surface area contributed by atoms with Crippen LogP contribution in [0.3, 0.4) is 0 Å². The summed E-state index contributed by atoms with van der Waals surface area (Å²) in [6, 6.07) is 10.8. The number of halogens is 1. The van der Waals surface area contributed by atoms with Gasteiger partial charge >= 0.3 is 6.01 Å². The summed E-state index contributed by atoms with van der Waals surface area (Å²) in [5, 5.41) is 3.98. The Hall–Kier alpha value is -3.16. The fourth-order valence-electron chi connectivity index (χ4n) is 4.17. The van der Waals surface area contributed by atoms with Crippen molar-refractivity contribution in [2.45, 2.75) is 26.8 Å². The van der Waals surface area contributed by atoms with Gasteiger partial charge in [-0.2, -0.15) is 0 Å². The second kappa shape index (κ2) is 9.00. The number of nitrogens with one attached hydrogen (secondary N) is 1. The van der Waals surface area contributed by atoms with Crippen molar-refractivity contribution in [3.8, 4) is 11.8 Å². The summed E-state index contributed by atoms with van der Waals surface area (Å²) >= 11 is 5.85. The predicted molar refractivity (Wildman–Crippen MR) is 129 cm³/mol. The maximum Gasteiger partial charge on any atom is 0.321 e. The fraction of sp³-hybridized carbons (Fsp3) is 0.320. The van der Waals surface area contributed by atoms with Gasteiger partial charge in [-0.15, -0.1) is 0 Å². The number of rotatable bonds is 7. The molecule has 5 rings (SSSR count). The highest BCUT2D eigenvalue weighted by Gasteiger charge is 2.19. The van der Waals surface area contributed by atoms with Gasteiger partial charge in [0, 0.05) is 19.5 Å². The average molecular weight is 464 g/mol. The number of benzene rings is 2. The molecule has 0 atom stereocenters. The first-order valence-electron chi connectivity index (χ1n) is 11.0. The summed E-state index contributed by atoms with van der Waals surface area (Å²) in [6.45, 7) is 6.55. The molecule has 1 fully saturated rings. The number of imidazole rings is 1. The molecule has 7 nitrogen and oxygen atoms in total. The molecule has 3 heterocycles. The third-order valence-corrected chi connectivity index (χ3v) is 6.27. The van der Waals surface area contributed by atoms with Gasteiger partial charge in [0.2, 0.25) is 5.95 Å². The summed E-state index contributed by atoms with van der Waals surface area (Å²) in [4.78, 5) is 13.0. The number of ether oxygens (including phenoxy) is 2. The van der Waals surface area contributed by atoms with E-state index in [0.29, 0.717) is 23.2 Å². The highest BCUT2D eigenvalue weighted by Crippen LogP contribution is 2.27. The highest BCUT2D eigenvalue weighted by atomic mass is 35.5. The van der Waals surface area contributed by atoms with Gasteiger partial charge in [-0.25, -0.2) is 15.0 Å². The van der Waals surface area contributed by atoms with E-state index < -0.39 is 0 Å². The second-order valence-electron chi connectivity index (χ2n) is 8.60. The van der Waals surface area contributed by atoms with Crippen molar-refractivity contribution < 1.29 is 9.47 Å². The van der Waals surface area contributed by atoms with E-state index in [1.54, 1.807) is 0 Å². The van der Waals surface area contributed by atoms with E-state index in [4.69, 9.17) is 26.1 Å². The Bertz CT molecular complexity index is 1280. The van der Waals surface area contributed by atoms with Crippen molar-refractivity contribution in [1.82, 2.24) is 19.5 Å². The largest absolute Gasteiger partial charge is 0.424 e. The van der Waals surface area contributed by atoms with E-state index in [-0.39, 0.29) is 6.01 Å². The van der Waals surface area contributed by atoms with Crippen molar-refractivity contribution in [3.63, 3.8) is 0 Å². The minimum absolute atomic E-state index is 0.271. The van der Waals surface area contributed by atoms with Gasteiger partial charge in [0.1, 0.15) is 5.75 Å². The number of aromatic nitrogens is 4. The summed E-state index contributed by atoms with van der Waals surface area (Å²) in [5.41, 5.74) is 6.91. The first kappa shape index (κ1) is 21.7. The molecular weight excluding hydrogens is 438 g/mol. The molecule has 2 aromatic heterocycles. The number of aryl methyl sites for hydroxylation is 3. The van der Waals surface area contributed by atoms with Crippen LogP contribution in [0.4, 0.5) is 5.95 Å². The molecule has 0 aliphatic carbocycles. The van der Waals surface area contributed by atoms with Gasteiger partial charge in [-0.1, -0.05) is 17.7 Å². The normalized spacial score (nSPS) is 13.8. The maximum absolute atomic E-state index is 5.85. The first-order valence-corrected chi connectivity index (χ1v) is 11.4. The lowest BCUT2D eigenvalue weighted by Crippen LogP contribution is -2.29. The zero-order chi connectivity index (χ0) is 22.9. The maximum atomic E-state index is 5.85. The molecule has 0 radical (unpaired) electrons. The third kappa shape index (κ3) is 4.65. The van der Waals surface area contributed by atoms with Crippen LogP contribution in [0.2, 0.25) is 5.02 Å². The van der Waals surface area contributed by atoms with Crippen molar-refractivity contribution in [3.05, 3.63) is 70.0 Å². The minimum Gasteiger partial charge on any atom is -0.424 e. The summed E-state index contributed by atoms with van der Waals surface area (Å²) in [7, 11) is 2.05. The molecule has 2 aromatic carbocycles. The van der Waals surface area contributed by atoms with Crippen LogP contribution < -0.4 is 10.1 Å². The average Bonchev–Trinajstić information content (AvgIpc) is 3.07. The van der Waals surface area contributed by atoms with Gasteiger partial charge < -0.3 is 19.4 Å². The van der Waals surface area contributed by atoms with Crippen molar-refractivity contribution >= 4 is 28.6 Å². The van der Waals surface area contributed by atoms with Gasteiger partial charge in [0.25, 0.3) is 0 Å². The molecule has 1 N–H and O–H groups in total. The predicted octanol–water partition coefficient (Wildman–Crippen LogP) is 5.23. The zero-order valence-electron chi connectivity index (χ0n) is 18.9. The van der Waals surface area contributed by atoms with Crippen molar-refractivity contribution in [2.24, 2.45) is 13.0 Å². The molecule has 170 valence electrons. The zero-order valence-corrected chi connectivity index (χ0v) is 19.7. The van der Waals surface area contributed by atoms with Gasteiger partial charge in [-0.05, 0) is 66.8 Å². The van der Waals surface area contributed by atoms with Crippen LogP contribution in [0, 0.1) is 19.8 Å². The second-order valence-corrected chi connectivity index (χ2v) is 9.04. The monoisotopic (exact) mass is 463 g/mol. The molecule has 0 amide bonds. The molecule has 4 aromatic rings. The SMILES string of the molecule is Cc1cc(Oc2ncc(Cl)cn2)cc(C)c1CNc1nc2ccc(CC3COC3)cc2n1C. The number of hydrogen-bond acceptors (Lipinski definition) is 6. The summed E-state index contributed by atoms with van der Waals surface area (Å²) < 4.78 is 13.2. The molecule has 0 saturated carbocycles. The number of anilines is 1. The minimum atomic E-state index is 0.271. The molecule has 0 spiro atoms. The van der Waals surface area contributed by atoms with Gasteiger partial charge in [0.05, 0.1) is 41.7 Å². The summed E-state index contributed by atoms with van der Waals surface area (Å²) in [6.07, 6.45) is 4.09. The lowest BCUT2D eigenvalue weighted by Gasteiger charge is -2.25. The standard InChI is InChI=1S/C25H26ClN5O2/c1-15-6-20(33-25-28-10-19(26)11-29-25)7-16(2)21(15)12-27-24-30-22-5-4-17(8-18-13-32-14-18)9-23(22)31(24)3/h4-7,9-11,18H,8,12-14H2,1-3H3,(H,27,30). The number of nitrogens with zero attached hydrogens (tertiary/aromatic N) is 4. The van der Waals surface area contributed by atoms with E-state index >= 15 is 0 Å². The Kier molecular flexibility index (Phi) is 5.91. The number of hydrogen-bond donors (Lipinski definition) is 1. The fourth-order valence-corrected chi connectivity index (χ4v) is 4.27. The molecule has 8 heteroatoms. The van der Waals surface area contributed by atoms with Gasteiger partial charge in [0.15, 0.2) is 0 Å². The Morgan fingerprint density at radius 1 is 1.12 bits per heavy atom. The van der Waals surface area contributed by atoms with Crippen LogP contribution >= 0.6 is 11.6 Å². The van der Waals surface area contributed by atoms with Crippen molar-refractivity contribution in [1.29, 1.82) is 0 Å². The Labute approximate surface area is 197 Å². The van der Waals surface area contributed by atoms with E-state index in [0.717, 1.165) is 47.7 Å². The van der Waals surface area contributed by atoms with E-state index in [1.807, 2.05) is 12.1 Å². The van der Waals surface area contributed by atoms with Crippen LogP contribution in [0.5, 0.6) is 11.8 Å². The van der Waals surface area contributed by atoms with E-state index in [9.17, 15) is 0 Å². The highest BCUT2D eigenvalue weighted by molar-refractivity contribution is 6.30. The lowest BCUT2D eigenvalue weighted by molar-refractivity contribution is -0.0312.